The third kappa shape index (κ3) is 3.28. The molecule has 1 aromatic heterocycles. The molecule has 0 bridgehead atoms. The van der Waals surface area contributed by atoms with E-state index in [4.69, 9.17) is 9.47 Å². The molecular weight excluding hydrogens is 370 g/mol. The Morgan fingerprint density at radius 2 is 1.89 bits per heavy atom. The number of carbonyl (C=O) groups excluding carboxylic acids is 1. The number of hydrogen-bond acceptors (Lipinski definition) is 6. The van der Waals surface area contributed by atoms with Gasteiger partial charge in [0.15, 0.2) is 16.3 Å². The molecule has 0 N–H and O–H groups in total. The van der Waals surface area contributed by atoms with Gasteiger partial charge in [0.25, 0.3) is 11.6 Å². The molecule has 140 valence electrons. The molecule has 0 fully saturated rings. The molecule has 0 unspecified atom stereocenters. The highest BCUT2D eigenvalue weighted by molar-refractivity contribution is 7.16. The number of nitrogens with zero attached hydrogens (tertiary/aromatic N) is 3. The first kappa shape index (κ1) is 18.6. The molecular formula is C18H17N3O5S. The van der Waals surface area contributed by atoms with Gasteiger partial charge in [0, 0.05) is 30.8 Å². The van der Waals surface area contributed by atoms with Gasteiger partial charge in [-0.3, -0.25) is 14.9 Å². The molecule has 2 aromatic carbocycles. The van der Waals surface area contributed by atoms with Gasteiger partial charge in [0.1, 0.15) is 0 Å². The Kier molecular flexibility index (Phi) is 4.95. The zero-order valence-corrected chi connectivity index (χ0v) is 16.0. The highest BCUT2D eigenvalue weighted by Gasteiger charge is 2.18. The third-order valence-corrected chi connectivity index (χ3v) is 5.34. The van der Waals surface area contributed by atoms with Crippen molar-refractivity contribution in [3.8, 4) is 11.5 Å². The van der Waals surface area contributed by atoms with Gasteiger partial charge in [0.05, 0.1) is 34.9 Å². The molecule has 8 nitrogen and oxygen atoms in total. The Labute approximate surface area is 158 Å². The second-order valence-corrected chi connectivity index (χ2v) is 6.75. The number of ether oxygens (including phenoxy) is 2. The number of thiazole rings is 1. The minimum absolute atomic E-state index is 0.105. The topological polar surface area (TPSA) is 96.0 Å². The Morgan fingerprint density at radius 1 is 1.22 bits per heavy atom. The van der Waals surface area contributed by atoms with Crippen LogP contribution in [0.3, 0.4) is 0 Å². The van der Waals surface area contributed by atoms with Crippen LogP contribution >= 0.6 is 11.3 Å². The van der Waals surface area contributed by atoms with Crippen molar-refractivity contribution in [3.63, 3.8) is 0 Å². The Morgan fingerprint density at radius 3 is 2.52 bits per heavy atom. The van der Waals surface area contributed by atoms with E-state index < -0.39 is 10.8 Å². The number of nitro groups is 1. The number of aryl methyl sites for hydroxylation is 1. The number of amides is 1. The van der Waals surface area contributed by atoms with Crippen LogP contribution in [0.5, 0.6) is 11.5 Å². The monoisotopic (exact) mass is 387 g/mol. The molecule has 1 amide bonds. The van der Waals surface area contributed by atoms with Crippen molar-refractivity contribution >= 4 is 33.1 Å². The van der Waals surface area contributed by atoms with E-state index in [1.807, 2.05) is 12.1 Å². The number of hydrogen-bond donors (Lipinski definition) is 0. The number of aromatic nitrogens is 1. The van der Waals surface area contributed by atoms with E-state index in [2.05, 4.69) is 4.99 Å². The summed E-state index contributed by atoms with van der Waals surface area (Å²) in [7, 11) is 4.89. The molecule has 0 saturated carbocycles. The standard InChI is InChI=1S/C18H17N3O5S/c1-10-11(6-5-7-12(10)21(23)24)17(22)19-18-20(2)13-8-14(25-3)15(26-4)9-16(13)27-18/h5-9H,1-4H3. The number of methoxy groups -OCH3 is 2. The van der Waals surface area contributed by atoms with E-state index in [1.165, 1.54) is 29.5 Å². The van der Waals surface area contributed by atoms with E-state index in [0.29, 0.717) is 21.9 Å². The van der Waals surface area contributed by atoms with Crippen molar-refractivity contribution in [2.45, 2.75) is 6.92 Å². The average molecular weight is 387 g/mol. The van der Waals surface area contributed by atoms with Crippen LogP contribution in [0.15, 0.2) is 35.3 Å². The van der Waals surface area contributed by atoms with Gasteiger partial charge in [-0.25, -0.2) is 0 Å². The number of carbonyl (C=O) groups is 1. The largest absolute Gasteiger partial charge is 0.493 e. The lowest BCUT2D eigenvalue weighted by Crippen LogP contribution is -2.14. The maximum absolute atomic E-state index is 12.6. The SMILES string of the molecule is COc1cc2sc(=NC(=O)c3cccc([N+](=O)[O-])c3C)n(C)c2cc1OC. The molecule has 0 aliphatic rings. The molecule has 0 atom stereocenters. The molecule has 3 rings (SSSR count). The van der Waals surface area contributed by atoms with Gasteiger partial charge in [0.2, 0.25) is 0 Å². The Hall–Kier alpha value is -3.20. The summed E-state index contributed by atoms with van der Waals surface area (Å²) in [5, 5.41) is 11.1. The van der Waals surface area contributed by atoms with Gasteiger partial charge in [-0.15, -0.1) is 0 Å². The van der Waals surface area contributed by atoms with Crippen LogP contribution in [0.25, 0.3) is 10.2 Å². The van der Waals surface area contributed by atoms with E-state index in [9.17, 15) is 14.9 Å². The van der Waals surface area contributed by atoms with E-state index >= 15 is 0 Å². The van der Waals surface area contributed by atoms with Crippen molar-refractivity contribution in [2.75, 3.05) is 14.2 Å². The molecule has 9 heteroatoms. The summed E-state index contributed by atoms with van der Waals surface area (Å²) in [4.78, 5) is 27.9. The van der Waals surface area contributed by atoms with E-state index in [-0.39, 0.29) is 11.3 Å². The van der Waals surface area contributed by atoms with Gasteiger partial charge >= 0.3 is 0 Å². The number of rotatable bonds is 4. The fourth-order valence-corrected chi connectivity index (χ4v) is 3.79. The normalized spacial score (nSPS) is 11.6. The lowest BCUT2D eigenvalue weighted by Gasteiger charge is -2.07. The summed E-state index contributed by atoms with van der Waals surface area (Å²) >= 11 is 1.32. The molecule has 0 saturated heterocycles. The van der Waals surface area contributed by atoms with Crippen LogP contribution in [0.1, 0.15) is 15.9 Å². The van der Waals surface area contributed by atoms with Gasteiger partial charge in [-0.1, -0.05) is 17.4 Å². The number of fused-ring (bicyclic) bond motifs is 1. The number of nitro benzene ring substituents is 1. The second-order valence-electron chi connectivity index (χ2n) is 5.74. The maximum Gasteiger partial charge on any atom is 0.280 e. The lowest BCUT2D eigenvalue weighted by molar-refractivity contribution is -0.385. The smallest absolute Gasteiger partial charge is 0.280 e. The summed E-state index contributed by atoms with van der Waals surface area (Å²) in [6, 6.07) is 8.01. The van der Waals surface area contributed by atoms with Gasteiger partial charge in [-0.2, -0.15) is 4.99 Å². The minimum atomic E-state index is -0.530. The lowest BCUT2D eigenvalue weighted by atomic mass is 10.1. The quantitative estimate of drug-likeness (QED) is 0.506. The Bertz CT molecular complexity index is 1130. The van der Waals surface area contributed by atoms with Crippen molar-refractivity contribution in [3.05, 3.63) is 56.4 Å². The second kappa shape index (κ2) is 7.20. The first-order valence-corrected chi connectivity index (χ1v) is 8.73. The summed E-state index contributed by atoms with van der Waals surface area (Å²) in [5.74, 6) is 0.627. The zero-order valence-electron chi connectivity index (χ0n) is 15.2. The highest BCUT2D eigenvalue weighted by atomic mass is 32.1. The third-order valence-electron chi connectivity index (χ3n) is 4.24. The Balaban J connectivity index is 2.14. The molecule has 0 aliphatic heterocycles. The molecule has 0 radical (unpaired) electrons. The van der Waals surface area contributed by atoms with Crippen LogP contribution in [-0.4, -0.2) is 29.6 Å². The minimum Gasteiger partial charge on any atom is -0.493 e. The van der Waals surface area contributed by atoms with E-state index in [1.54, 1.807) is 32.8 Å². The molecule has 0 spiro atoms. The summed E-state index contributed by atoms with van der Waals surface area (Å²) in [6.45, 7) is 1.54. The molecule has 3 aromatic rings. The first-order valence-electron chi connectivity index (χ1n) is 7.92. The number of benzene rings is 2. The van der Waals surface area contributed by atoms with E-state index in [0.717, 1.165) is 10.2 Å². The molecule has 0 aliphatic carbocycles. The predicted octanol–water partition coefficient (Wildman–Crippen LogP) is 3.21. The van der Waals surface area contributed by atoms with Crippen molar-refractivity contribution in [1.29, 1.82) is 0 Å². The molecule has 1 heterocycles. The maximum atomic E-state index is 12.6. The van der Waals surface area contributed by atoms with Crippen LogP contribution in [0.4, 0.5) is 5.69 Å². The van der Waals surface area contributed by atoms with Crippen molar-refractivity contribution < 1.29 is 19.2 Å². The zero-order chi connectivity index (χ0) is 19.7. The van der Waals surface area contributed by atoms with Crippen LogP contribution < -0.4 is 14.3 Å². The van der Waals surface area contributed by atoms with Crippen molar-refractivity contribution in [2.24, 2.45) is 12.0 Å². The fraction of sp³-hybridized carbons (Fsp3) is 0.222. The highest BCUT2D eigenvalue weighted by Crippen LogP contribution is 2.33. The van der Waals surface area contributed by atoms with Crippen molar-refractivity contribution in [1.82, 2.24) is 4.57 Å². The first-order chi connectivity index (χ1) is 12.9. The average Bonchev–Trinajstić information content (AvgIpc) is 2.95. The van der Waals surface area contributed by atoms with Crippen LogP contribution in [0, 0.1) is 17.0 Å². The summed E-state index contributed by atoms with van der Waals surface area (Å²) in [6.07, 6.45) is 0. The van der Waals surface area contributed by atoms with Crippen LogP contribution in [-0.2, 0) is 7.05 Å². The fourth-order valence-electron chi connectivity index (χ4n) is 2.76. The van der Waals surface area contributed by atoms with Crippen LogP contribution in [0.2, 0.25) is 0 Å². The van der Waals surface area contributed by atoms with Gasteiger partial charge < -0.3 is 14.0 Å². The molecule has 27 heavy (non-hydrogen) atoms. The predicted molar refractivity (Wildman–Crippen MR) is 102 cm³/mol. The summed E-state index contributed by atoms with van der Waals surface area (Å²) in [5.41, 5.74) is 1.23. The van der Waals surface area contributed by atoms with Gasteiger partial charge in [-0.05, 0) is 13.0 Å². The summed E-state index contributed by atoms with van der Waals surface area (Å²) < 4.78 is 13.3.